The van der Waals surface area contributed by atoms with Crippen LogP contribution in [0.25, 0.3) is 16.9 Å². The molecule has 0 unspecified atom stereocenters. The Morgan fingerprint density at radius 1 is 1.00 bits per heavy atom. The van der Waals surface area contributed by atoms with Crippen LogP contribution in [0.1, 0.15) is 5.69 Å². The minimum Gasteiger partial charge on any atom is -0.264 e. The maximum atomic E-state index is 11.2. The van der Waals surface area contributed by atoms with E-state index in [0.29, 0.717) is 5.69 Å². The van der Waals surface area contributed by atoms with E-state index in [1.807, 2.05) is 66.7 Å². The molecule has 5 nitrogen and oxygen atoms in total. The summed E-state index contributed by atoms with van der Waals surface area (Å²) in [6, 6.07) is 21.3. The van der Waals surface area contributed by atoms with Crippen LogP contribution in [0.3, 0.4) is 0 Å². The van der Waals surface area contributed by atoms with Gasteiger partial charge in [0, 0.05) is 5.56 Å². The third-order valence-corrected chi connectivity index (χ3v) is 3.80. The minimum atomic E-state index is -3.50. The first-order chi connectivity index (χ1) is 11.0. The van der Waals surface area contributed by atoms with Crippen LogP contribution < -0.4 is 0 Å². The molecule has 0 aliphatic heterocycles. The van der Waals surface area contributed by atoms with Crippen molar-refractivity contribution in [2.24, 2.45) is 0 Å². The Bertz CT molecular complexity index is 831. The molecule has 3 rings (SSSR count). The van der Waals surface area contributed by atoms with Gasteiger partial charge in [-0.2, -0.15) is 13.5 Å². The fraction of sp³-hybridized carbons (Fsp3) is 0.118. The van der Waals surface area contributed by atoms with Crippen LogP contribution in [0.4, 0.5) is 0 Å². The molecule has 0 aliphatic carbocycles. The lowest BCUT2D eigenvalue weighted by Crippen LogP contribution is -2.04. The van der Waals surface area contributed by atoms with Crippen molar-refractivity contribution in [2.45, 2.75) is 6.61 Å². The van der Waals surface area contributed by atoms with Crippen LogP contribution in [0, 0.1) is 0 Å². The van der Waals surface area contributed by atoms with Crippen molar-refractivity contribution < 1.29 is 12.6 Å². The van der Waals surface area contributed by atoms with Gasteiger partial charge in [0.15, 0.2) is 0 Å². The van der Waals surface area contributed by atoms with Gasteiger partial charge in [0.05, 0.1) is 23.3 Å². The van der Waals surface area contributed by atoms with Crippen LogP contribution >= 0.6 is 0 Å². The second kappa shape index (κ2) is 6.36. The molecule has 0 atom stereocenters. The lowest BCUT2D eigenvalue weighted by Gasteiger charge is -2.07. The van der Waals surface area contributed by atoms with E-state index >= 15 is 0 Å². The minimum absolute atomic E-state index is 0.0848. The number of benzene rings is 2. The van der Waals surface area contributed by atoms with E-state index < -0.39 is 10.1 Å². The zero-order chi connectivity index (χ0) is 16.3. The zero-order valence-corrected chi connectivity index (χ0v) is 13.4. The highest BCUT2D eigenvalue weighted by Gasteiger charge is 2.13. The summed E-state index contributed by atoms with van der Waals surface area (Å²) in [5.74, 6) is 0. The SMILES string of the molecule is CS(=O)(=O)OCc1cc(-c2ccccc2)n(-c2ccccc2)n1. The summed E-state index contributed by atoms with van der Waals surface area (Å²) in [5, 5.41) is 4.49. The van der Waals surface area contributed by atoms with Gasteiger partial charge < -0.3 is 0 Å². The molecule has 118 valence electrons. The summed E-state index contributed by atoms with van der Waals surface area (Å²) >= 11 is 0. The highest BCUT2D eigenvalue weighted by molar-refractivity contribution is 7.85. The summed E-state index contributed by atoms with van der Waals surface area (Å²) in [6.45, 7) is -0.0848. The molecule has 0 amide bonds. The Hall–Kier alpha value is -2.44. The van der Waals surface area contributed by atoms with Crippen molar-refractivity contribution in [3.8, 4) is 16.9 Å². The standard InChI is InChI=1S/C17H16N2O3S/c1-23(20,21)22-13-15-12-17(14-8-4-2-5-9-14)19(18-15)16-10-6-3-7-11-16/h2-12H,13H2,1H3. The van der Waals surface area contributed by atoms with Crippen molar-refractivity contribution in [1.29, 1.82) is 0 Å². The number of para-hydroxylation sites is 1. The molecule has 0 radical (unpaired) electrons. The molecule has 1 heterocycles. The summed E-state index contributed by atoms with van der Waals surface area (Å²) in [5.41, 5.74) is 3.33. The third-order valence-electron chi connectivity index (χ3n) is 3.25. The molecule has 0 saturated carbocycles. The van der Waals surface area contributed by atoms with E-state index in [2.05, 4.69) is 5.10 Å². The molecule has 2 aromatic carbocycles. The van der Waals surface area contributed by atoms with Gasteiger partial charge in [0.1, 0.15) is 6.61 Å². The molecule has 0 bridgehead atoms. The number of aromatic nitrogens is 2. The van der Waals surface area contributed by atoms with E-state index in [9.17, 15) is 8.42 Å². The van der Waals surface area contributed by atoms with Gasteiger partial charge in [-0.15, -0.1) is 0 Å². The molecule has 3 aromatic rings. The zero-order valence-electron chi connectivity index (χ0n) is 12.6. The first kappa shape index (κ1) is 15.5. The average molecular weight is 328 g/mol. The number of hydrogen-bond donors (Lipinski definition) is 0. The van der Waals surface area contributed by atoms with Crippen molar-refractivity contribution in [3.05, 3.63) is 72.4 Å². The van der Waals surface area contributed by atoms with Crippen molar-refractivity contribution in [2.75, 3.05) is 6.26 Å². The summed E-state index contributed by atoms with van der Waals surface area (Å²) in [4.78, 5) is 0. The molecule has 0 fully saturated rings. The molecular formula is C17H16N2O3S. The number of nitrogens with zero attached hydrogens (tertiary/aromatic N) is 2. The lowest BCUT2D eigenvalue weighted by molar-refractivity contribution is 0.306. The highest BCUT2D eigenvalue weighted by Crippen LogP contribution is 2.24. The Morgan fingerprint density at radius 2 is 1.61 bits per heavy atom. The van der Waals surface area contributed by atoms with Gasteiger partial charge in [-0.25, -0.2) is 4.68 Å². The smallest absolute Gasteiger partial charge is 0.264 e. The van der Waals surface area contributed by atoms with Gasteiger partial charge in [0.25, 0.3) is 10.1 Å². The monoisotopic (exact) mass is 328 g/mol. The third kappa shape index (κ3) is 3.85. The quantitative estimate of drug-likeness (QED) is 0.676. The van der Waals surface area contributed by atoms with E-state index in [1.165, 1.54) is 0 Å². The fourth-order valence-corrected chi connectivity index (χ4v) is 2.58. The van der Waals surface area contributed by atoms with Gasteiger partial charge in [-0.1, -0.05) is 48.5 Å². The molecule has 6 heteroatoms. The maximum Gasteiger partial charge on any atom is 0.264 e. The van der Waals surface area contributed by atoms with E-state index in [0.717, 1.165) is 23.2 Å². The normalized spacial score (nSPS) is 11.5. The largest absolute Gasteiger partial charge is 0.264 e. The Kier molecular flexibility index (Phi) is 4.27. The second-order valence-corrected chi connectivity index (χ2v) is 6.74. The topological polar surface area (TPSA) is 61.2 Å². The average Bonchev–Trinajstić information content (AvgIpc) is 2.98. The van der Waals surface area contributed by atoms with Crippen molar-refractivity contribution in [1.82, 2.24) is 9.78 Å². The van der Waals surface area contributed by atoms with Crippen molar-refractivity contribution >= 4 is 10.1 Å². The predicted molar refractivity (Wildman–Crippen MR) is 88.6 cm³/mol. The Labute approximate surface area is 135 Å². The Morgan fingerprint density at radius 3 is 2.22 bits per heavy atom. The van der Waals surface area contributed by atoms with Crippen molar-refractivity contribution in [3.63, 3.8) is 0 Å². The van der Waals surface area contributed by atoms with Gasteiger partial charge in [0.2, 0.25) is 0 Å². The van der Waals surface area contributed by atoms with Crippen LogP contribution in [-0.4, -0.2) is 24.5 Å². The number of rotatable bonds is 5. The molecule has 23 heavy (non-hydrogen) atoms. The lowest BCUT2D eigenvalue weighted by atomic mass is 10.1. The number of hydrogen-bond acceptors (Lipinski definition) is 4. The van der Waals surface area contributed by atoms with Gasteiger partial charge in [-0.3, -0.25) is 4.18 Å². The fourth-order valence-electron chi connectivity index (χ4n) is 2.25. The van der Waals surface area contributed by atoms with Gasteiger partial charge >= 0.3 is 0 Å². The second-order valence-electron chi connectivity index (χ2n) is 5.10. The molecule has 0 N–H and O–H groups in total. The van der Waals surface area contributed by atoms with E-state index in [1.54, 1.807) is 4.68 Å². The summed E-state index contributed by atoms with van der Waals surface area (Å²) in [6.07, 6.45) is 1.03. The summed E-state index contributed by atoms with van der Waals surface area (Å²) < 4.78 is 29.0. The Balaban J connectivity index is 2.04. The van der Waals surface area contributed by atoms with Crippen LogP contribution in [0.5, 0.6) is 0 Å². The first-order valence-corrected chi connectivity index (χ1v) is 8.89. The maximum absolute atomic E-state index is 11.2. The molecule has 0 spiro atoms. The highest BCUT2D eigenvalue weighted by atomic mass is 32.2. The van der Waals surface area contributed by atoms with Gasteiger partial charge in [-0.05, 0) is 18.2 Å². The van der Waals surface area contributed by atoms with Crippen LogP contribution in [0.2, 0.25) is 0 Å². The molecule has 0 aliphatic rings. The van der Waals surface area contributed by atoms with E-state index in [-0.39, 0.29) is 6.61 Å². The van der Waals surface area contributed by atoms with Crippen LogP contribution in [-0.2, 0) is 20.9 Å². The molecule has 1 aromatic heterocycles. The van der Waals surface area contributed by atoms with E-state index in [4.69, 9.17) is 4.18 Å². The molecule has 0 saturated heterocycles. The summed E-state index contributed by atoms with van der Waals surface area (Å²) in [7, 11) is -3.50. The molecular weight excluding hydrogens is 312 g/mol. The predicted octanol–water partition coefficient (Wildman–Crippen LogP) is 3.02. The first-order valence-electron chi connectivity index (χ1n) is 7.07. The van der Waals surface area contributed by atoms with Crippen LogP contribution in [0.15, 0.2) is 66.7 Å².